The Kier molecular flexibility index (Phi) is 3.01. The summed E-state index contributed by atoms with van der Waals surface area (Å²) in [5.74, 6) is -0.542. The minimum Gasteiger partial charge on any atom is -0.467 e. The molecular weight excluding hydrogens is 268 g/mol. The number of nitrogens with one attached hydrogen (secondary N) is 1. The summed E-state index contributed by atoms with van der Waals surface area (Å²) in [6.07, 6.45) is 2.03. The molecule has 1 aromatic carbocycles. The quantitative estimate of drug-likeness (QED) is 0.663. The number of carbonyl (C=O) groups excluding carboxylic acids is 2. The second-order valence-electron chi connectivity index (χ2n) is 5.51. The number of esters is 1. The Balaban J connectivity index is 2.12. The van der Waals surface area contributed by atoms with Gasteiger partial charge in [-0.1, -0.05) is 24.3 Å². The van der Waals surface area contributed by atoms with Crippen LogP contribution in [0, 0.1) is 0 Å². The molecule has 1 unspecified atom stereocenters. The highest BCUT2D eigenvalue weighted by molar-refractivity contribution is 5.87. The molecular formula is C16H18N2O3. The molecule has 1 fully saturated rings. The molecule has 0 aliphatic carbocycles. The Bertz CT molecular complexity index is 628. The van der Waals surface area contributed by atoms with Crippen LogP contribution in [0.3, 0.4) is 0 Å². The fraction of sp³-hybridized carbons (Fsp3) is 0.375. The molecule has 0 saturated carbocycles. The fourth-order valence-corrected chi connectivity index (χ4v) is 3.61. The average Bonchev–Trinajstić information content (AvgIpc) is 2.97. The maximum absolute atomic E-state index is 12.1. The van der Waals surface area contributed by atoms with E-state index >= 15 is 0 Å². The summed E-state index contributed by atoms with van der Waals surface area (Å²) in [5, 5.41) is 3.35. The van der Waals surface area contributed by atoms with Crippen LogP contribution in [-0.4, -0.2) is 36.1 Å². The van der Waals surface area contributed by atoms with E-state index in [2.05, 4.69) is 11.9 Å². The van der Waals surface area contributed by atoms with Gasteiger partial charge in [-0.2, -0.15) is 0 Å². The van der Waals surface area contributed by atoms with E-state index in [1.807, 2.05) is 30.3 Å². The Morgan fingerprint density at radius 2 is 2.19 bits per heavy atom. The number of fused-ring (bicyclic) bond motifs is 3. The van der Waals surface area contributed by atoms with E-state index in [1.165, 1.54) is 14.0 Å². The number of ether oxygens (including phenoxy) is 1. The number of rotatable bonds is 2. The highest BCUT2D eigenvalue weighted by atomic mass is 16.5. The van der Waals surface area contributed by atoms with E-state index in [0.29, 0.717) is 6.42 Å². The summed E-state index contributed by atoms with van der Waals surface area (Å²) in [7, 11) is 1.34. The average molecular weight is 286 g/mol. The third-order valence-electron chi connectivity index (χ3n) is 4.55. The zero-order valence-corrected chi connectivity index (χ0v) is 12.1. The Labute approximate surface area is 123 Å². The number of benzene rings is 1. The molecule has 1 saturated heterocycles. The molecule has 2 aliphatic heterocycles. The molecule has 3 rings (SSSR count). The predicted octanol–water partition coefficient (Wildman–Crippen LogP) is 1.66. The first-order valence-corrected chi connectivity index (χ1v) is 6.91. The first kappa shape index (κ1) is 13.7. The Hall–Kier alpha value is -2.30. The summed E-state index contributed by atoms with van der Waals surface area (Å²) < 4.78 is 4.86. The lowest BCUT2D eigenvalue weighted by Crippen LogP contribution is -2.48. The highest BCUT2D eigenvalue weighted by Crippen LogP contribution is 2.51. The van der Waals surface area contributed by atoms with Crippen molar-refractivity contribution in [1.82, 2.24) is 4.90 Å². The van der Waals surface area contributed by atoms with Gasteiger partial charge in [-0.3, -0.25) is 4.79 Å². The topological polar surface area (TPSA) is 58.6 Å². The van der Waals surface area contributed by atoms with Crippen molar-refractivity contribution in [2.45, 2.75) is 31.0 Å². The third-order valence-corrected chi connectivity index (χ3v) is 4.55. The van der Waals surface area contributed by atoms with Crippen LogP contribution in [0.25, 0.3) is 0 Å². The lowest BCUT2D eigenvalue weighted by molar-refractivity contribution is -0.151. The normalized spacial score (nSPS) is 29.3. The smallest absolute Gasteiger partial charge is 0.328 e. The van der Waals surface area contributed by atoms with Crippen LogP contribution >= 0.6 is 0 Å². The van der Waals surface area contributed by atoms with Gasteiger partial charge in [0.05, 0.1) is 12.5 Å². The molecule has 1 aromatic rings. The summed E-state index contributed by atoms with van der Waals surface area (Å²) in [4.78, 5) is 25.7. The standard InChI is InChI=1S/C16H18N2O3/c1-4-16-9-13(14(20)21-3)18(10(2)19)15(16)17-12-8-6-5-7-11(12)16/h4-8,13,15,17H,1,9H2,2-3H3/t13?,15-,16-/m0/s1. The first-order valence-electron chi connectivity index (χ1n) is 6.91. The SMILES string of the molecule is C=C[C@@]12CC(C(=O)OC)N(C(C)=O)[C@@H]1Nc1ccccc12. The number of hydrogen-bond acceptors (Lipinski definition) is 4. The molecule has 0 radical (unpaired) electrons. The molecule has 3 atom stereocenters. The lowest BCUT2D eigenvalue weighted by Gasteiger charge is -2.30. The van der Waals surface area contributed by atoms with Crippen LogP contribution in [0.5, 0.6) is 0 Å². The largest absolute Gasteiger partial charge is 0.467 e. The van der Waals surface area contributed by atoms with Gasteiger partial charge in [0.1, 0.15) is 12.2 Å². The molecule has 0 spiro atoms. The highest BCUT2D eigenvalue weighted by Gasteiger charge is 2.58. The number of carbonyl (C=O) groups is 2. The van der Waals surface area contributed by atoms with Crippen molar-refractivity contribution in [1.29, 1.82) is 0 Å². The van der Waals surface area contributed by atoms with Crippen molar-refractivity contribution in [2.75, 3.05) is 12.4 Å². The van der Waals surface area contributed by atoms with E-state index in [0.717, 1.165) is 11.3 Å². The second kappa shape index (κ2) is 4.62. The minimum absolute atomic E-state index is 0.153. The molecule has 110 valence electrons. The number of nitrogens with zero attached hydrogens (tertiary/aromatic N) is 1. The summed E-state index contributed by atoms with van der Waals surface area (Å²) in [5.41, 5.74) is 1.60. The molecule has 2 aliphatic rings. The van der Waals surface area contributed by atoms with Crippen LogP contribution in [0.4, 0.5) is 5.69 Å². The van der Waals surface area contributed by atoms with Crippen LogP contribution in [0.2, 0.25) is 0 Å². The van der Waals surface area contributed by atoms with Gasteiger partial charge in [0.2, 0.25) is 5.91 Å². The fourth-order valence-electron chi connectivity index (χ4n) is 3.61. The van der Waals surface area contributed by atoms with Crippen molar-refractivity contribution in [2.24, 2.45) is 0 Å². The van der Waals surface area contributed by atoms with E-state index in [9.17, 15) is 9.59 Å². The van der Waals surface area contributed by atoms with E-state index in [4.69, 9.17) is 4.74 Å². The second-order valence-corrected chi connectivity index (χ2v) is 5.51. The number of hydrogen-bond donors (Lipinski definition) is 1. The van der Waals surface area contributed by atoms with Crippen LogP contribution < -0.4 is 5.32 Å². The van der Waals surface area contributed by atoms with Crippen molar-refractivity contribution >= 4 is 17.6 Å². The van der Waals surface area contributed by atoms with Gasteiger partial charge < -0.3 is 15.0 Å². The first-order chi connectivity index (χ1) is 10.0. The number of methoxy groups -OCH3 is 1. The van der Waals surface area contributed by atoms with Gasteiger partial charge in [-0.15, -0.1) is 6.58 Å². The summed E-state index contributed by atoms with van der Waals surface area (Å²) in [6, 6.07) is 7.31. The van der Waals surface area contributed by atoms with Crippen molar-refractivity contribution < 1.29 is 14.3 Å². The van der Waals surface area contributed by atoms with Crippen molar-refractivity contribution in [3.8, 4) is 0 Å². The van der Waals surface area contributed by atoms with Crippen LogP contribution in [-0.2, 0) is 19.7 Å². The van der Waals surface area contributed by atoms with Gasteiger partial charge in [0, 0.05) is 12.6 Å². The zero-order chi connectivity index (χ0) is 15.2. The summed E-state index contributed by atoms with van der Waals surface area (Å²) in [6.45, 7) is 5.43. The number of para-hydroxylation sites is 1. The molecule has 1 amide bonds. The Morgan fingerprint density at radius 3 is 2.81 bits per heavy atom. The number of amides is 1. The Morgan fingerprint density at radius 1 is 1.48 bits per heavy atom. The van der Waals surface area contributed by atoms with Gasteiger partial charge >= 0.3 is 5.97 Å². The van der Waals surface area contributed by atoms with Gasteiger partial charge in [-0.05, 0) is 18.1 Å². The monoisotopic (exact) mass is 286 g/mol. The molecule has 2 heterocycles. The third kappa shape index (κ3) is 1.70. The van der Waals surface area contributed by atoms with Gasteiger partial charge in [0.25, 0.3) is 0 Å². The van der Waals surface area contributed by atoms with Crippen LogP contribution in [0.15, 0.2) is 36.9 Å². The number of likely N-dealkylation sites (tertiary alicyclic amines) is 1. The van der Waals surface area contributed by atoms with E-state index in [1.54, 1.807) is 4.90 Å². The van der Waals surface area contributed by atoms with E-state index in [-0.39, 0.29) is 18.0 Å². The van der Waals surface area contributed by atoms with Crippen LogP contribution in [0.1, 0.15) is 18.9 Å². The maximum atomic E-state index is 12.1. The van der Waals surface area contributed by atoms with Gasteiger partial charge in [0.15, 0.2) is 0 Å². The minimum atomic E-state index is -0.587. The molecule has 0 aromatic heterocycles. The molecule has 1 N–H and O–H groups in total. The van der Waals surface area contributed by atoms with E-state index < -0.39 is 11.5 Å². The zero-order valence-electron chi connectivity index (χ0n) is 12.1. The maximum Gasteiger partial charge on any atom is 0.328 e. The molecule has 5 nitrogen and oxygen atoms in total. The summed E-state index contributed by atoms with van der Waals surface area (Å²) >= 11 is 0. The molecule has 21 heavy (non-hydrogen) atoms. The van der Waals surface area contributed by atoms with Crippen molar-refractivity contribution in [3.05, 3.63) is 42.5 Å². The molecule has 0 bridgehead atoms. The lowest BCUT2D eigenvalue weighted by atomic mass is 9.78. The number of anilines is 1. The van der Waals surface area contributed by atoms with Gasteiger partial charge in [-0.25, -0.2) is 4.79 Å². The molecule has 5 heteroatoms. The predicted molar refractivity (Wildman–Crippen MR) is 78.7 cm³/mol. The van der Waals surface area contributed by atoms with Crippen molar-refractivity contribution in [3.63, 3.8) is 0 Å².